The van der Waals surface area contributed by atoms with Gasteiger partial charge in [-0.1, -0.05) is 13.8 Å². The van der Waals surface area contributed by atoms with Gasteiger partial charge >= 0.3 is 0 Å². The van der Waals surface area contributed by atoms with E-state index >= 15 is 0 Å². The third-order valence-corrected chi connectivity index (χ3v) is 3.18. The fourth-order valence-electron chi connectivity index (χ4n) is 2.21. The standard InChI is InChI=1S/C14H29NO/c1-4-16-9-5-6-13(10-12(2)3)11-15-14-7-8-14/h12-15H,4-11H2,1-3H3. The first-order valence-corrected chi connectivity index (χ1v) is 7.03. The van der Waals surface area contributed by atoms with Crippen molar-refractivity contribution in [2.75, 3.05) is 19.8 Å². The van der Waals surface area contributed by atoms with Crippen molar-refractivity contribution >= 4 is 0 Å². The molecule has 0 saturated heterocycles. The highest BCUT2D eigenvalue weighted by Crippen LogP contribution is 2.21. The molecule has 0 bridgehead atoms. The van der Waals surface area contributed by atoms with Gasteiger partial charge in [-0.15, -0.1) is 0 Å². The zero-order chi connectivity index (χ0) is 11.8. The molecule has 16 heavy (non-hydrogen) atoms. The van der Waals surface area contributed by atoms with Crippen molar-refractivity contribution in [3.8, 4) is 0 Å². The first-order valence-electron chi connectivity index (χ1n) is 7.03. The van der Waals surface area contributed by atoms with Gasteiger partial charge in [0.2, 0.25) is 0 Å². The highest BCUT2D eigenvalue weighted by molar-refractivity contribution is 4.82. The lowest BCUT2D eigenvalue weighted by Crippen LogP contribution is -2.26. The molecule has 0 aromatic carbocycles. The largest absolute Gasteiger partial charge is 0.382 e. The minimum Gasteiger partial charge on any atom is -0.382 e. The van der Waals surface area contributed by atoms with E-state index in [1.165, 1.54) is 38.6 Å². The van der Waals surface area contributed by atoms with Crippen molar-refractivity contribution in [2.24, 2.45) is 11.8 Å². The quantitative estimate of drug-likeness (QED) is 0.579. The predicted octanol–water partition coefficient (Wildman–Crippen LogP) is 3.22. The first-order chi connectivity index (χ1) is 7.72. The van der Waals surface area contributed by atoms with Crippen LogP contribution in [0.1, 0.15) is 52.9 Å². The van der Waals surface area contributed by atoms with Crippen LogP contribution in [0.5, 0.6) is 0 Å². The molecule has 1 N–H and O–H groups in total. The van der Waals surface area contributed by atoms with Crippen LogP contribution in [0.15, 0.2) is 0 Å². The molecular weight excluding hydrogens is 198 g/mol. The van der Waals surface area contributed by atoms with Crippen LogP contribution in [0.25, 0.3) is 0 Å². The molecule has 0 aromatic heterocycles. The van der Waals surface area contributed by atoms with Gasteiger partial charge in [0.15, 0.2) is 0 Å². The predicted molar refractivity (Wildman–Crippen MR) is 69.7 cm³/mol. The number of hydrogen-bond acceptors (Lipinski definition) is 2. The molecule has 0 heterocycles. The monoisotopic (exact) mass is 227 g/mol. The summed E-state index contributed by atoms with van der Waals surface area (Å²) in [6.07, 6.45) is 6.68. The summed E-state index contributed by atoms with van der Waals surface area (Å²) in [5, 5.41) is 3.66. The van der Waals surface area contributed by atoms with Crippen molar-refractivity contribution in [3.05, 3.63) is 0 Å². The molecule has 1 aliphatic carbocycles. The Morgan fingerprint density at radius 1 is 1.31 bits per heavy atom. The van der Waals surface area contributed by atoms with E-state index in [1.54, 1.807) is 0 Å². The van der Waals surface area contributed by atoms with E-state index in [2.05, 4.69) is 26.1 Å². The molecule has 0 aromatic rings. The van der Waals surface area contributed by atoms with Crippen LogP contribution in [0.3, 0.4) is 0 Å². The lowest BCUT2D eigenvalue weighted by molar-refractivity contribution is 0.138. The Morgan fingerprint density at radius 3 is 2.62 bits per heavy atom. The van der Waals surface area contributed by atoms with E-state index in [9.17, 15) is 0 Å². The van der Waals surface area contributed by atoms with Gasteiger partial charge in [-0.2, -0.15) is 0 Å². The Hall–Kier alpha value is -0.0800. The Kier molecular flexibility index (Phi) is 7.06. The van der Waals surface area contributed by atoms with Crippen LogP contribution in [-0.4, -0.2) is 25.8 Å². The van der Waals surface area contributed by atoms with E-state index in [-0.39, 0.29) is 0 Å². The fourth-order valence-corrected chi connectivity index (χ4v) is 2.21. The van der Waals surface area contributed by atoms with Crippen molar-refractivity contribution in [3.63, 3.8) is 0 Å². The molecule has 1 atom stereocenters. The molecule has 1 unspecified atom stereocenters. The van der Waals surface area contributed by atoms with Crippen LogP contribution in [0.2, 0.25) is 0 Å². The topological polar surface area (TPSA) is 21.3 Å². The van der Waals surface area contributed by atoms with Gasteiger partial charge in [0, 0.05) is 19.3 Å². The third-order valence-electron chi connectivity index (χ3n) is 3.18. The molecule has 96 valence electrons. The summed E-state index contributed by atoms with van der Waals surface area (Å²) in [4.78, 5) is 0. The minimum atomic E-state index is 0.818. The summed E-state index contributed by atoms with van der Waals surface area (Å²) in [5.41, 5.74) is 0. The molecule has 1 rings (SSSR count). The molecule has 2 nitrogen and oxygen atoms in total. The Bertz CT molecular complexity index is 166. The molecule has 1 aliphatic rings. The SMILES string of the molecule is CCOCCCC(CNC1CC1)CC(C)C. The maximum atomic E-state index is 5.41. The summed E-state index contributed by atoms with van der Waals surface area (Å²) in [7, 11) is 0. The third kappa shape index (κ3) is 7.24. The van der Waals surface area contributed by atoms with E-state index in [0.29, 0.717) is 0 Å². The Morgan fingerprint density at radius 2 is 2.06 bits per heavy atom. The number of rotatable bonds is 10. The number of ether oxygens (including phenoxy) is 1. The maximum absolute atomic E-state index is 5.41. The van der Waals surface area contributed by atoms with Crippen LogP contribution in [-0.2, 0) is 4.74 Å². The molecule has 0 radical (unpaired) electrons. The van der Waals surface area contributed by atoms with E-state index in [4.69, 9.17) is 4.74 Å². The van der Waals surface area contributed by atoms with Gasteiger partial charge in [0.05, 0.1) is 0 Å². The van der Waals surface area contributed by atoms with Gasteiger partial charge in [0.1, 0.15) is 0 Å². The summed E-state index contributed by atoms with van der Waals surface area (Å²) in [6, 6.07) is 0.849. The second-order valence-electron chi connectivity index (χ2n) is 5.52. The number of nitrogens with one attached hydrogen (secondary N) is 1. The van der Waals surface area contributed by atoms with Gasteiger partial charge in [0.25, 0.3) is 0 Å². The summed E-state index contributed by atoms with van der Waals surface area (Å²) < 4.78 is 5.41. The molecular formula is C14H29NO. The highest BCUT2D eigenvalue weighted by atomic mass is 16.5. The molecule has 0 spiro atoms. The van der Waals surface area contributed by atoms with Gasteiger partial charge < -0.3 is 10.1 Å². The Balaban J connectivity index is 2.08. The van der Waals surface area contributed by atoms with Crippen molar-refractivity contribution in [2.45, 2.75) is 58.9 Å². The zero-order valence-corrected chi connectivity index (χ0v) is 11.3. The number of hydrogen-bond donors (Lipinski definition) is 1. The summed E-state index contributed by atoms with van der Waals surface area (Å²) >= 11 is 0. The summed E-state index contributed by atoms with van der Waals surface area (Å²) in [6.45, 7) is 9.73. The van der Waals surface area contributed by atoms with Crippen molar-refractivity contribution in [1.82, 2.24) is 5.32 Å². The lowest BCUT2D eigenvalue weighted by Gasteiger charge is -2.19. The zero-order valence-electron chi connectivity index (χ0n) is 11.3. The van der Waals surface area contributed by atoms with Crippen LogP contribution < -0.4 is 5.32 Å². The van der Waals surface area contributed by atoms with Crippen LogP contribution in [0.4, 0.5) is 0 Å². The fraction of sp³-hybridized carbons (Fsp3) is 1.00. The first kappa shape index (κ1) is 14.0. The smallest absolute Gasteiger partial charge is 0.0466 e. The molecule has 0 aliphatic heterocycles. The normalized spacial score (nSPS) is 18.0. The second-order valence-corrected chi connectivity index (χ2v) is 5.52. The van der Waals surface area contributed by atoms with Crippen LogP contribution in [0, 0.1) is 11.8 Å². The Labute approximate surface area is 101 Å². The second kappa shape index (κ2) is 8.08. The average Bonchev–Trinajstić information content (AvgIpc) is 3.03. The van der Waals surface area contributed by atoms with Crippen molar-refractivity contribution in [1.29, 1.82) is 0 Å². The maximum Gasteiger partial charge on any atom is 0.0466 e. The van der Waals surface area contributed by atoms with Gasteiger partial charge in [-0.25, -0.2) is 0 Å². The molecule has 2 heteroatoms. The highest BCUT2D eigenvalue weighted by Gasteiger charge is 2.22. The van der Waals surface area contributed by atoms with Crippen LogP contribution >= 0.6 is 0 Å². The van der Waals surface area contributed by atoms with E-state index in [0.717, 1.165) is 31.1 Å². The van der Waals surface area contributed by atoms with Crippen molar-refractivity contribution < 1.29 is 4.74 Å². The average molecular weight is 227 g/mol. The van der Waals surface area contributed by atoms with Gasteiger partial charge in [-0.3, -0.25) is 0 Å². The van der Waals surface area contributed by atoms with Gasteiger partial charge in [-0.05, 0) is 57.4 Å². The molecule has 0 amide bonds. The molecule has 1 saturated carbocycles. The summed E-state index contributed by atoms with van der Waals surface area (Å²) in [5.74, 6) is 1.67. The van der Waals surface area contributed by atoms with E-state index < -0.39 is 0 Å². The van der Waals surface area contributed by atoms with E-state index in [1.807, 2.05) is 0 Å². The molecule has 1 fully saturated rings. The minimum absolute atomic E-state index is 0.818. The lowest BCUT2D eigenvalue weighted by atomic mass is 9.93.